The van der Waals surface area contributed by atoms with Gasteiger partial charge in [-0.05, 0) is 19.1 Å². The van der Waals surface area contributed by atoms with Crippen LogP contribution in [-0.4, -0.2) is 39.4 Å². The average molecular weight is 308 g/mol. The van der Waals surface area contributed by atoms with Gasteiger partial charge in [0.05, 0.1) is 0 Å². The van der Waals surface area contributed by atoms with Gasteiger partial charge in [-0.1, -0.05) is 0 Å². The molecule has 0 saturated carbocycles. The molecule has 1 amide bonds. The number of benzene rings is 1. The van der Waals surface area contributed by atoms with E-state index < -0.39 is 44.8 Å². The van der Waals surface area contributed by atoms with Gasteiger partial charge >= 0.3 is 0 Å². The van der Waals surface area contributed by atoms with Crippen molar-refractivity contribution in [3.05, 3.63) is 23.8 Å². The molecule has 0 atom stereocenters. The van der Waals surface area contributed by atoms with Crippen molar-refractivity contribution in [3.63, 3.8) is 0 Å². The second-order valence-corrected chi connectivity index (χ2v) is 5.46. The van der Waals surface area contributed by atoms with E-state index in [-0.39, 0.29) is 0 Å². The van der Waals surface area contributed by atoms with Crippen LogP contribution >= 0.6 is 0 Å². The van der Waals surface area contributed by atoms with Crippen molar-refractivity contribution in [1.82, 2.24) is 4.90 Å². The van der Waals surface area contributed by atoms with Gasteiger partial charge in [0.25, 0.3) is 5.91 Å². The first-order valence-corrected chi connectivity index (χ1v) is 7.10. The Morgan fingerprint density at radius 1 is 1.35 bits per heavy atom. The summed E-state index contributed by atoms with van der Waals surface area (Å²) in [6.07, 6.45) is 0. The number of likely N-dealkylation sites (N-methyl/N-ethyl adjacent to an activating group) is 1. The molecule has 0 aliphatic rings. The van der Waals surface area contributed by atoms with Crippen molar-refractivity contribution in [2.75, 3.05) is 20.2 Å². The predicted molar refractivity (Wildman–Crippen MR) is 66.5 cm³/mol. The maximum atomic E-state index is 13.6. The van der Waals surface area contributed by atoms with Crippen LogP contribution in [0.5, 0.6) is 5.75 Å². The quantitative estimate of drug-likeness (QED) is 0.856. The zero-order chi connectivity index (χ0) is 15.5. The van der Waals surface area contributed by atoms with Crippen molar-refractivity contribution in [2.24, 2.45) is 5.14 Å². The smallest absolute Gasteiger partial charge is 0.260 e. The van der Waals surface area contributed by atoms with Gasteiger partial charge in [0.1, 0.15) is 4.90 Å². The Kier molecular flexibility index (Phi) is 5.01. The van der Waals surface area contributed by atoms with E-state index in [4.69, 9.17) is 9.88 Å². The maximum Gasteiger partial charge on any atom is 0.260 e. The van der Waals surface area contributed by atoms with Crippen LogP contribution in [0.25, 0.3) is 0 Å². The Labute approximate surface area is 115 Å². The number of halogens is 2. The molecule has 1 aromatic rings. The molecule has 0 heterocycles. The number of carbonyl (C=O) groups is 1. The van der Waals surface area contributed by atoms with Gasteiger partial charge in [0.2, 0.25) is 15.8 Å². The Hall–Kier alpha value is -1.74. The van der Waals surface area contributed by atoms with Crippen molar-refractivity contribution in [1.29, 1.82) is 0 Å². The molecule has 112 valence electrons. The number of hydrogen-bond acceptors (Lipinski definition) is 4. The van der Waals surface area contributed by atoms with Gasteiger partial charge in [-0.3, -0.25) is 4.79 Å². The second-order valence-electron chi connectivity index (χ2n) is 3.93. The van der Waals surface area contributed by atoms with Gasteiger partial charge in [0.15, 0.2) is 18.2 Å². The van der Waals surface area contributed by atoms with Crippen LogP contribution < -0.4 is 9.88 Å². The fourth-order valence-corrected chi connectivity index (χ4v) is 1.87. The van der Waals surface area contributed by atoms with E-state index in [9.17, 15) is 22.0 Å². The normalized spacial score (nSPS) is 11.2. The van der Waals surface area contributed by atoms with E-state index in [0.717, 1.165) is 12.1 Å². The molecular weight excluding hydrogens is 294 g/mol. The van der Waals surface area contributed by atoms with Crippen molar-refractivity contribution >= 4 is 15.9 Å². The van der Waals surface area contributed by atoms with E-state index >= 15 is 0 Å². The van der Waals surface area contributed by atoms with E-state index in [2.05, 4.69) is 0 Å². The molecule has 1 aromatic carbocycles. The second kappa shape index (κ2) is 6.14. The summed E-state index contributed by atoms with van der Waals surface area (Å²) in [4.78, 5) is 11.8. The van der Waals surface area contributed by atoms with Crippen LogP contribution in [0.4, 0.5) is 8.78 Å². The predicted octanol–water partition coefficient (Wildman–Crippen LogP) is 0.469. The molecule has 20 heavy (non-hydrogen) atoms. The van der Waals surface area contributed by atoms with Gasteiger partial charge < -0.3 is 9.64 Å². The summed E-state index contributed by atoms with van der Waals surface area (Å²) in [6.45, 7) is 1.68. The first-order chi connectivity index (χ1) is 9.18. The molecule has 1 rings (SSSR count). The van der Waals surface area contributed by atoms with E-state index in [1.807, 2.05) is 0 Å². The molecule has 6 nitrogen and oxygen atoms in total. The number of hydrogen-bond donors (Lipinski definition) is 1. The zero-order valence-electron chi connectivity index (χ0n) is 10.9. The minimum atomic E-state index is -4.37. The topological polar surface area (TPSA) is 89.7 Å². The summed E-state index contributed by atoms with van der Waals surface area (Å²) in [6, 6.07) is 1.68. The van der Waals surface area contributed by atoms with Gasteiger partial charge in [-0.15, -0.1) is 0 Å². The first kappa shape index (κ1) is 16.3. The van der Waals surface area contributed by atoms with Crippen molar-refractivity contribution in [3.8, 4) is 5.75 Å². The highest BCUT2D eigenvalue weighted by Gasteiger charge is 2.22. The molecule has 0 radical (unpaired) electrons. The van der Waals surface area contributed by atoms with Crippen LogP contribution in [0, 0.1) is 11.6 Å². The Bertz CT molecular complexity index is 619. The third-order valence-corrected chi connectivity index (χ3v) is 3.50. The Morgan fingerprint density at radius 3 is 2.45 bits per heavy atom. The molecule has 0 spiro atoms. The van der Waals surface area contributed by atoms with E-state index in [1.165, 1.54) is 11.9 Å². The fraction of sp³-hybridized carbons (Fsp3) is 0.364. The van der Waals surface area contributed by atoms with Gasteiger partial charge in [0, 0.05) is 13.6 Å². The molecular formula is C11H14F2N2O4S. The first-order valence-electron chi connectivity index (χ1n) is 5.56. The molecule has 0 saturated heterocycles. The van der Waals surface area contributed by atoms with Crippen LogP contribution in [0.3, 0.4) is 0 Å². The maximum absolute atomic E-state index is 13.6. The lowest BCUT2D eigenvalue weighted by molar-refractivity contribution is -0.131. The lowest BCUT2D eigenvalue weighted by atomic mass is 10.3. The molecule has 9 heteroatoms. The van der Waals surface area contributed by atoms with Crippen LogP contribution in [-0.2, 0) is 14.8 Å². The highest BCUT2D eigenvalue weighted by atomic mass is 32.2. The lowest BCUT2D eigenvalue weighted by Crippen LogP contribution is -2.31. The number of carbonyl (C=O) groups excluding carboxylic acids is 1. The highest BCUT2D eigenvalue weighted by Crippen LogP contribution is 2.24. The summed E-state index contributed by atoms with van der Waals surface area (Å²) in [5, 5.41) is 4.72. The number of amides is 1. The summed E-state index contributed by atoms with van der Waals surface area (Å²) in [5.74, 6) is -4.14. The van der Waals surface area contributed by atoms with E-state index in [1.54, 1.807) is 6.92 Å². The summed E-state index contributed by atoms with van der Waals surface area (Å²) in [7, 11) is -2.85. The van der Waals surface area contributed by atoms with Crippen molar-refractivity contribution in [2.45, 2.75) is 11.8 Å². The largest absolute Gasteiger partial charge is 0.481 e. The molecule has 0 fully saturated rings. The fourth-order valence-electron chi connectivity index (χ4n) is 1.27. The highest BCUT2D eigenvalue weighted by molar-refractivity contribution is 7.89. The number of nitrogens with zero attached hydrogens (tertiary/aromatic N) is 1. The molecule has 2 N–H and O–H groups in total. The lowest BCUT2D eigenvalue weighted by Gasteiger charge is -2.15. The third-order valence-electron chi connectivity index (χ3n) is 2.57. The number of sulfonamides is 1. The molecule has 0 bridgehead atoms. The van der Waals surface area contributed by atoms with Gasteiger partial charge in [-0.2, -0.15) is 4.39 Å². The Morgan fingerprint density at radius 2 is 1.95 bits per heavy atom. The third kappa shape index (κ3) is 3.64. The number of ether oxygens (including phenoxy) is 1. The molecule has 0 aliphatic heterocycles. The molecule has 0 aliphatic carbocycles. The standard InChI is InChI=1S/C11H14F2N2O4S/c1-3-15(2)9(16)6-19-7-4-5-8(20(14,17)18)11(13)10(7)12/h4-5H,3,6H2,1-2H3,(H2,14,17,18). The zero-order valence-corrected chi connectivity index (χ0v) is 11.7. The summed E-state index contributed by atoms with van der Waals surface area (Å²) in [5.41, 5.74) is 0. The summed E-state index contributed by atoms with van der Waals surface area (Å²) < 4.78 is 53.9. The minimum Gasteiger partial charge on any atom is -0.481 e. The monoisotopic (exact) mass is 308 g/mol. The average Bonchev–Trinajstić information content (AvgIpc) is 2.37. The number of rotatable bonds is 5. The molecule has 0 aromatic heterocycles. The van der Waals surface area contributed by atoms with Crippen LogP contribution in [0.1, 0.15) is 6.92 Å². The van der Waals surface area contributed by atoms with Crippen LogP contribution in [0.2, 0.25) is 0 Å². The number of nitrogens with two attached hydrogens (primary N) is 1. The SMILES string of the molecule is CCN(C)C(=O)COc1ccc(S(N)(=O)=O)c(F)c1F. The summed E-state index contributed by atoms with van der Waals surface area (Å²) >= 11 is 0. The van der Waals surface area contributed by atoms with E-state index in [0.29, 0.717) is 6.54 Å². The minimum absolute atomic E-state index is 0.428. The number of primary sulfonamides is 1. The molecule has 0 unspecified atom stereocenters. The van der Waals surface area contributed by atoms with Gasteiger partial charge in [-0.25, -0.2) is 17.9 Å². The van der Waals surface area contributed by atoms with Crippen LogP contribution in [0.15, 0.2) is 17.0 Å². The van der Waals surface area contributed by atoms with Crippen molar-refractivity contribution < 1.29 is 26.7 Å². The Balaban J connectivity index is 2.95.